The molecular formula is C21H17N3O2. The summed E-state index contributed by atoms with van der Waals surface area (Å²) >= 11 is 0. The van der Waals surface area contributed by atoms with E-state index in [0.717, 1.165) is 16.5 Å². The van der Waals surface area contributed by atoms with Gasteiger partial charge in [-0.1, -0.05) is 48.5 Å². The van der Waals surface area contributed by atoms with E-state index in [0.29, 0.717) is 11.4 Å². The lowest BCUT2D eigenvalue weighted by atomic mass is 10.0. The predicted molar refractivity (Wildman–Crippen MR) is 101 cm³/mol. The first-order valence-corrected chi connectivity index (χ1v) is 8.30. The van der Waals surface area contributed by atoms with E-state index in [1.165, 1.54) is 0 Å². The van der Waals surface area contributed by atoms with Crippen molar-refractivity contribution in [3.8, 4) is 0 Å². The number of fused-ring (bicyclic) bond motifs is 1. The lowest BCUT2D eigenvalue weighted by Gasteiger charge is -2.17. The Balaban J connectivity index is 1.64. The minimum Gasteiger partial charge on any atom is -0.459 e. The van der Waals surface area contributed by atoms with Gasteiger partial charge in [-0.3, -0.25) is 4.98 Å². The quantitative estimate of drug-likeness (QED) is 0.562. The van der Waals surface area contributed by atoms with Gasteiger partial charge in [-0.25, -0.2) is 4.79 Å². The van der Waals surface area contributed by atoms with E-state index in [2.05, 4.69) is 15.6 Å². The van der Waals surface area contributed by atoms with E-state index in [1.54, 1.807) is 24.5 Å². The number of aromatic nitrogens is 1. The maximum absolute atomic E-state index is 12.5. The number of carbonyl (C=O) groups is 1. The number of carbonyl (C=O) groups excluding carboxylic acids is 1. The zero-order valence-electron chi connectivity index (χ0n) is 13.9. The molecule has 4 aromatic rings. The van der Waals surface area contributed by atoms with Gasteiger partial charge in [0.15, 0.2) is 0 Å². The number of hydrogen-bond acceptors (Lipinski definition) is 3. The van der Waals surface area contributed by atoms with Crippen molar-refractivity contribution in [1.29, 1.82) is 0 Å². The second-order valence-corrected chi connectivity index (χ2v) is 5.86. The van der Waals surface area contributed by atoms with Crippen LogP contribution < -0.4 is 10.6 Å². The molecule has 2 N–H and O–H groups in total. The fraction of sp³-hybridized carbons (Fsp3) is 0.0476. The number of nitrogens with zero attached hydrogens (tertiary/aromatic N) is 1. The number of nitrogens with one attached hydrogen (secondary N) is 2. The third-order valence-corrected chi connectivity index (χ3v) is 4.08. The molecule has 0 unspecified atom stereocenters. The van der Waals surface area contributed by atoms with Crippen molar-refractivity contribution in [3.05, 3.63) is 96.5 Å². The number of amides is 2. The molecule has 2 aromatic heterocycles. The van der Waals surface area contributed by atoms with Crippen molar-refractivity contribution in [2.24, 2.45) is 0 Å². The van der Waals surface area contributed by atoms with Crippen LogP contribution in [0.2, 0.25) is 0 Å². The summed E-state index contributed by atoms with van der Waals surface area (Å²) in [7, 11) is 0. The zero-order chi connectivity index (χ0) is 17.8. The summed E-state index contributed by atoms with van der Waals surface area (Å²) in [6.45, 7) is 0. The Morgan fingerprint density at radius 1 is 0.923 bits per heavy atom. The first-order valence-electron chi connectivity index (χ1n) is 8.30. The van der Waals surface area contributed by atoms with Gasteiger partial charge in [-0.05, 0) is 29.8 Å². The van der Waals surface area contributed by atoms with Crippen molar-refractivity contribution in [3.63, 3.8) is 0 Å². The third-order valence-electron chi connectivity index (χ3n) is 4.08. The predicted octanol–water partition coefficient (Wildman–Crippen LogP) is 4.74. The topological polar surface area (TPSA) is 67.2 Å². The van der Waals surface area contributed by atoms with Gasteiger partial charge in [-0.2, -0.15) is 0 Å². The maximum Gasteiger partial charge on any atom is 0.320 e. The number of anilines is 1. The van der Waals surface area contributed by atoms with Crippen LogP contribution >= 0.6 is 0 Å². The van der Waals surface area contributed by atoms with Gasteiger partial charge in [0.05, 0.1) is 0 Å². The van der Waals surface area contributed by atoms with Crippen LogP contribution in [0.1, 0.15) is 17.4 Å². The minimum absolute atomic E-state index is 0.314. The average molecular weight is 343 g/mol. The highest BCUT2D eigenvalue weighted by molar-refractivity contribution is 5.89. The second kappa shape index (κ2) is 7.11. The fourth-order valence-corrected chi connectivity index (χ4v) is 2.84. The van der Waals surface area contributed by atoms with Crippen LogP contribution in [0, 0.1) is 0 Å². The summed E-state index contributed by atoms with van der Waals surface area (Å²) < 4.78 is 5.98. The molecule has 0 radical (unpaired) electrons. The van der Waals surface area contributed by atoms with Crippen LogP contribution in [0.5, 0.6) is 0 Å². The lowest BCUT2D eigenvalue weighted by Crippen LogP contribution is -2.33. The number of urea groups is 1. The van der Waals surface area contributed by atoms with Gasteiger partial charge in [-0.15, -0.1) is 0 Å². The Kier molecular flexibility index (Phi) is 4.35. The summed E-state index contributed by atoms with van der Waals surface area (Å²) in [6, 6.07) is 22.2. The molecule has 2 heterocycles. The maximum atomic E-state index is 12.5. The molecule has 0 aliphatic carbocycles. The number of para-hydroxylation sites is 1. The van der Waals surface area contributed by atoms with Gasteiger partial charge in [0.1, 0.15) is 17.4 Å². The van der Waals surface area contributed by atoms with Crippen LogP contribution in [0.3, 0.4) is 0 Å². The number of pyridine rings is 1. The van der Waals surface area contributed by atoms with Crippen LogP contribution in [0.4, 0.5) is 10.5 Å². The van der Waals surface area contributed by atoms with Gasteiger partial charge >= 0.3 is 6.03 Å². The van der Waals surface area contributed by atoms with Gasteiger partial charge in [0.25, 0.3) is 0 Å². The first-order chi connectivity index (χ1) is 12.8. The van der Waals surface area contributed by atoms with E-state index in [-0.39, 0.29) is 6.03 Å². The molecule has 5 heteroatoms. The molecule has 0 bridgehead atoms. The van der Waals surface area contributed by atoms with E-state index in [4.69, 9.17) is 4.42 Å². The summed E-state index contributed by atoms with van der Waals surface area (Å²) in [5.41, 5.74) is 2.41. The molecule has 4 rings (SSSR count). The van der Waals surface area contributed by atoms with Crippen LogP contribution in [0.25, 0.3) is 11.0 Å². The van der Waals surface area contributed by atoms with Crippen LogP contribution in [-0.4, -0.2) is 11.0 Å². The third kappa shape index (κ3) is 3.42. The normalized spacial score (nSPS) is 11.8. The van der Waals surface area contributed by atoms with Crippen molar-refractivity contribution in [2.45, 2.75) is 6.04 Å². The molecule has 0 spiro atoms. The van der Waals surface area contributed by atoms with Gasteiger partial charge in [0, 0.05) is 23.5 Å². The van der Waals surface area contributed by atoms with Crippen molar-refractivity contribution >= 4 is 22.7 Å². The molecule has 0 fully saturated rings. The molecule has 26 heavy (non-hydrogen) atoms. The summed E-state index contributed by atoms with van der Waals surface area (Å²) in [5.74, 6) is 0.683. The number of benzene rings is 2. The standard InChI is InChI=1S/C21H17N3O2/c25-21(23-17-10-12-22-13-11-17)24-20(15-6-2-1-3-7-15)19-14-16-8-4-5-9-18(16)26-19/h1-14,20H,(H2,22,23,24,25)/t20-/m1/s1. The van der Waals surface area contributed by atoms with E-state index in [1.807, 2.05) is 60.7 Å². The number of hydrogen-bond donors (Lipinski definition) is 2. The number of rotatable bonds is 4. The summed E-state index contributed by atoms with van der Waals surface area (Å²) in [6.07, 6.45) is 3.26. The molecule has 2 aromatic carbocycles. The molecule has 0 saturated heterocycles. The SMILES string of the molecule is O=C(Nc1ccncc1)N[C@H](c1ccccc1)c1cc2ccccc2o1. The Labute approximate surface area is 150 Å². The second-order valence-electron chi connectivity index (χ2n) is 5.86. The molecular weight excluding hydrogens is 326 g/mol. The van der Waals surface area contributed by atoms with E-state index < -0.39 is 6.04 Å². The molecule has 1 atom stereocenters. The monoisotopic (exact) mass is 343 g/mol. The van der Waals surface area contributed by atoms with Crippen molar-refractivity contribution < 1.29 is 9.21 Å². The average Bonchev–Trinajstić information content (AvgIpc) is 3.11. The molecule has 5 nitrogen and oxygen atoms in total. The Morgan fingerprint density at radius 3 is 2.42 bits per heavy atom. The molecule has 0 aliphatic rings. The molecule has 0 saturated carbocycles. The first kappa shape index (κ1) is 15.9. The van der Waals surface area contributed by atoms with Gasteiger partial charge < -0.3 is 15.1 Å². The van der Waals surface area contributed by atoms with Crippen LogP contribution in [-0.2, 0) is 0 Å². The van der Waals surface area contributed by atoms with E-state index in [9.17, 15) is 4.79 Å². The largest absolute Gasteiger partial charge is 0.459 e. The highest BCUT2D eigenvalue weighted by Gasteiger charge is 2.20. The fourth-order valence-electron chi connectivity index (χ4n) is 2.84. The van der Waals surface area contributed by atoms with E-state index >= 15 is 0 Å². The van der Waals surface area contributed by atoms with Crippen LogP contribution in [0.15, 0.2) is 89.6 Å². The van der Waals surface area contributed by atoms with Gasteiger partial charge in [0.2, 0.25) is 0 Å². The Bertz CT molecular complexity index is 980. The van der Waals surface area contributed by atoms with Crippen molar-refractivity contribution in [2.75, 3.05) is 5.32 Å². The summed E-state index contributed by atoms with van der Waals surface area (Å²) in [4.78, 5) is 16.4. The highest BCUT2D eigenvalue weighted by atomic mass is 16.3. The van der Waals surface area contributed by atoms with Crippen molar-refractivity contribution in [1.82, 2.24) is 10.3 Å². The smallest absolute Gasteiger partial charge is 0.320 e. The zero-order valence-corrected chi connectivity index (χ0v) is 13.9. The molecule has 0 aliphatic heterocycles. The highest BCUT2D eigenvalue weighted by Crippen LogP contribution is 2.28. The Hall–Kier alpha value is -3.60. The molecule has 2 amide bonds. The Morgan fingerprint density at radius 2 is 1.65 bits per heavy atom. The minimum atomic E-state index is -0.398. The molecule has 128 valence electrons. The lowest BCUT2D eigenvalue weighted by molar-refractivity contribution is 0.249. The summed E-state index contributed by atoms with van der Waals surface area (Å²) in [5, 5.41) is 6.81. The number of furan rings is 1.